The molecule has 0 N–H and O–H groups in total. The standard InChI is InChI=1S/C20H17BNP/c1-3-10-18(11-4-1)23(19-12-5-2-6-13-19)20-14-9-17-22-16-8-7-15-21(20)22/h1-17H. The molecule has 2 heterocycles. The summed E-state index contributed by atoms with van der Waals surface area (Å²) in [6.07, 6.45) is 13.0. The van der Waals surface area contributed by atoms with E-state index in [1.807, 2.05) is 0 Å². The Labute approximate surface area is 139 Å². The van der Waals surface area contributed by atoms with E-state index in [1.165, 1.54) is 15.8 Å². The van der Waals surface area contributed by atoms with Crippen LogP contribution in [0, 0.1) is 0 Å². The molecular formula is C20H17BNP. The number of allylic oxidation sites excluding steroid dienone is 4. The van der Waals surface area contributed by atoms with Gasteiger partial charge < -0.3 is 4.81 Å². The first-order valence-corrected chi connectivity index (χ1v) is 9.19. The number of hydrogen-bond donors (Lipinski definition) is 0. The molecule has 0 aromatic heterocycles. The molecule has 2 aromatic carbocycles. The van der Waals surface area contributed by atoms with Crippen molar-refractivity contribution in [2.45, 2.75) is 0 Å². The number of nitrogens with zero attached hydrogens (tertiary/aromatic N) is 1. The highest BCUT2D eigenvalue weighted by molar-refractivity contribution is 7.79. The van der Waals surface area contributed by atoms with Crippen LogP contribution in [0.1, 0.15) is 0 Å². The maximum Gasteiger partial charge on any atom is 0.320 e. The molecule has 0 atom stereocenters. The molecular weight excluding hydrogens is 296 g/mol. The van der Waals surface area contributed by atoms with Crippen LogP contribution in [0.5, 0.6) is 0 Å². The number of fused-ring (bicyclic) bond motifs is 1. The van der Waals surface area contributed by atoms with Gasteiger partial charge in [0, 0.05) is 0 Å². The van der Waals surface area contributed by atoms with Gasteiger partial charge in [-0.05, 0) is 48.3 Å². The summed E-state index contributed by atoms with van der Waals surface area (Å²) in [4.78, 5) is 2.29. The highest BCUT2D eigenvalue weighted by Crippen LogP contribution is 2.46. The molecule has 0 radical (unpaired) electrons. The summed E-state index contributed by atoms with van der Waals surface area (Å²) in [5, 5.41) is 4.27. The molecule has 0 fully saturated rings. The molecule has 0 aliphatic carbocycles. The van der Waals surface area contributed by atoms with Crippen LogP contribution in [0.4, 0.5) is 0 Å². The van der Waals surface area contributed by atoms with Gasteiger partial charge in [-0.3, -0.25) is 0 Å². The highest BCUT2D eigenvalue weighted by atomic mass is 31.1. The molecule has 2 aliphatic rings. The van der Waals surface area contributed by atoms with E-state index in [1.54, 1.807) is 0 Å². The second-order valence-electron chi connectivity index (χ2n) is 5.56. The Bertz CT molecular complexity index is 753. The van der Waals surface area contributed by atoms with Crippen molar-refractivity contribution in [3.05, 3.63) is 109 Å². The molecule has 4 rings (SSSR count). The molecule has 0 saturated carbocycles. The first-order chi connectivity index (χ1) is 11.4. The van der Waals surface area contributed by atoms with Crippen molar-refractivity contribution in [2.24, 2.45) is 0 Å². The SMILES string of the molecule is C1=CB2C(P(c3ccccc3)c3ccccc3)=CC=CN2C=C1. The molecule has 0 saturated heterocycles. The van der Waals surface area contributed by atoms with Gasteiger partial charge in [0.2, 0.25) is 0 Å². The van der Waals surface area contributed by atoms with Crippen LogP contribution in [-0.2, 0) is 0 Å². The van der Waals surface area contributed by atoms with Gasteiger partial charge in [0.25, 0.3) is 0 Å². The van der Waals surface area contributed by atoms with E-state index in [0.717, 1.165) is 0 Å². The Morgan fingerprint density at radius 2 is 1.30 bits per heavy atom. The maximum absolute atomic E-state index is 2.30. The fraction of sp³-hybridized carbons (Fsp3) is 0. The highest BCUT2D eigenvalue weighted by Gasteiger charge is 2.31. The zero-order valence-corrected chi connectivity index (χ0v) is 13.7. The van der Waals surface area contributed by atoms with Crippen LogP contribution in [0.3, 0.4) is 0 Å². The number of rotatable bonds is 3. The summed E-state index contributed by atoms with van der Waals surface area (Å²) in [5.41, 5.74) is 0. The van der Waals surface area contributed by atoms with E-state index in [2.05, 4.69) is 108 Å². The summed E-state index contributed by atoms with van der Waals surface area (Å²) in [7, 11) is -0.530. The third-order valence-electron chi connectivity index (χ3n) is 4.10. The quantitative estimate of drug-likeness (QED) is 0.612. The average molecular weight is 313 g/mol. The van der Waals surface area contributed by atoms with Crippen molar-refractivity contribution >= 4 is 25.4 Å². The van der Waals surface area contributed by atoms with Gasteiger partial charge in [0.1, 0.15) is 0 Å². The number of benzene rings is 2. The first-order valence-electron chi connectivity index (χ1n) is 7.84. The minimum Gasteiger partial charge on any atom is -0.389 e. The molecule has 3 heteroatoms. The Morgan fingerprint density at radius 1 is 0.696 bits per heavy atom. The van der Waals surface area contributed by atoms with Gasteiger partial charge >= 0.3 is 6.85 Å². The molecule has 0 unspecified atom stereocenters. The van der Waals surface area contributed by atoms with Crippen LogP contribution in [0.25, 0.3) is 0 Å². The maximum atomic E-state index is 2.30. The lowest BCUT2D eigenvalue weighted by Gasteiger charge is -2.33. The topological polar surface area (TPSA) is 3.24 Å². The summed E-state index contributed by atoms with van der Waals surface area (Å²) in [6.45, 7) is 0.316. The summed E-state index contributed by atoms with van der Waals surface area (Å²) in [6, 6.07) is 21.8. The normalized spacial score (nSPS) is 15.8. The van der Waals surface area contributed by atoms with Crippen molar-refractivity contribution < 1.29 is 0 Å². The second-order valence-corrected chi connectivity index (χ2v) is 7.78. The Balaban J connectivity index is 1.83. The van der Waals surface area contributed by atoms with Gasteiger partial charge in [-0.25, -0.2) is 0 Å². The molecule has 2 aliphatic heterocycles. The monoisotopic (exact) mass is 313 g/mol. The molecule has 23 heavy (non-hydrogen) atoms. The Kier molecular flexibility index (Phi) is 4.00. The predicted octanol–water partition coefficient (Wildman–Crippen LogP) is 3.99. The average Bonchev–Trinajstić information content (AvgIpc) is 2.64. The fourth-order valence-corrected chi connectivity index (χ4v) is 5.61. The van der Waals surface area contributed by atoms with Gasteiger partial charge in [0.05, 0.1) is 0 Å². The summed E-state index contributed by atoms with van der Waals surface area (Å²) in [5.74, 6) is 2.29. The lowest BCUT2D eigenvalue weighted by atomic mass is 9.58. The van der Waals surface area contributed by atoms with Crippen LogP contribution in [0.2, 0.25) is 0 Å². The van der Waals surface area contributed by atoms with Crippen LogP contribution in [0.15, 0.2) is 109 Å². The summed E-state index contributed by atoms with van der Waals surface area (Å²) < 4.78 is 0. The van der Waals surface area contributed by atoms with Gasteiger partial charge in [-0.2, -0.15) is 0 Å². The zero-order chi connectivity index (χ0) is 15.5. The van der Waals surface area contributed by atoms with E-state index < -0.39 is 7.92 Å². The van der Waals surface area contributed by atoms with Gasteiger partial charge in [-0.1, -0.05) is 78.8 Å². The Hall–Kier alpha value is -2.31. The largest absolute Gasteiger partial charge is 0.389 e. The fourth-order valence-electron chi connectivity index (χ4n) is 3.05. The molecule has 0 bridgehead atoms. The van der Waals surface area contributed by atoms with Crippen LogP contribution in [-0.4, -0.2) is 11.7 Å². The predicted molar refractivity (Wildman–Crippen MR) is 102 cm³/mol. The third kappa shape index (κ3) is 2.83. The molecule has 110 valence electrons. The van der Waals surface area contributed by atoms with E-state index in [9.17, 15) is 0 Å². The van der Waals surface area contributed by atoms with Crippen molar-refractivity contribution in [1.82, 2.24) is 4.81 Å². The number of hydrogen-bond acceptors (Lipinski definition) is 1. The molecule has 2 aromatic rings. The third-order valence-corrected chi connectivity index (χ3v) is 6.66. The Morgan fingerprint density at radius 3 is 1.96 bits per heavy atom. The van der Waals surface area contributed by atoms with E-state index in [0.29, 0.717) is 6.85 Å². The minimum atomic E-state index is -0.530. The van der Waals surface area contributed by atoms with E-state index in [-0.39, 0.29) is 0 Å². The molecule has 0 spiro atoms. The zero-order valence-electron chi connectivity index (χ0n) is 12.8. The summed E-state index contributed by atoms with van der Waals surface area (Å²) >= 11 is 0. The van der Waals surface area contributed by atoms with E-state index >= 15 is 0 Å². The van der Waals surface area contributed by atoms with Crippen molar-refractivity contribution in [2.75, 3.05) is 0 Å². The smallest absolute Gasteiger partial charge is 0.320 e. The van der Waals surface area contributed by atoms with Crippen molar-refractivity contribution in [3.8, 4) is 0 Å². The van der Waals surface area contributed by atoms with Crippen molar-refractivity contribution in [1.29, 1.82) is 0 Å². The minimum absolute atomic E-state index is 0.316. The van der Waals surface area contributed by atoms with Gasteiger partial charge in [0.15, 0.2) is 0 Å². The van der Waals surface area contributed by atoms with Gasteiger partial charge in [-0.15, -0.1) is 0 Å². The second kappa shape index (κ2) is 6.44. The van der Waals surface area contributed by atoms with E-state index in [4.69, 9.17) is 0 Å². The first kappa shape index (κ1) is 14.3. The molecule has 1 nitrogen and oxygen atoms in total. The lowest BCUT2D eigenvalue weighted by molar-refractivity contribution is 0.789. The van der Waals surface area contributed by atoms with Crippen LogP contribution >= 0.6 is 7.92 Å². The van der Waals surface area contributed by atoms with Crippen LogP contribution < -0.4 is 10.6 Å². The van der Waals surface area contributed by atoms with Crippen molar-refractivity contribution in [3.63, 3.8) is 0 Å². The molecule has 0 amide bonds. The lowest BCUT2D eigenvalue weighted by Crippen LogP contribution is -2.36.